The molecule has 4 nitrogen and oxygen atoms in total. The number of anilines is 1. The molecule has 0 radical (unpaired) electrons. The fourth-order valence-electron chi connectivity index (χ4n) is 3.60. The second-order valence-corrected chi connectivity index (χ2v) is 7.82. The van der Waals surface area contributed by atoms with E-state index in [9.17, 15) is 19.1 Å². The van der Waals surface area contributed by atoms with Crippen LogP contribution in [0.25, 0.3) is 0 Å². The molecule has 3 aromatic carbocycles. The minimum absolute atomic E-state index is 0.245. The first-order chi connectivity index (χ1) is 13.9. The van der Waals surface area contributed by atoms with Gasteiger partial charge in [-0.15, -0.1) is 0 Å². The molecule has 1 amide bonds. The zero-order valence-corrected chi connectivity index (χ0v) is 16.9. The molecule has 4 rings (SSSR count). The summed E-state index contributed by atoms with van der Waals surface area (Å²) in [5.74, 6) is -1.44. The molecule has 1 aliphatic rings. The second kappa shape index (κ2) is 7.54. The molecule has 1 atom stereocenters. The van der Waals surface area contributed by atoms with Crippen LogP contribution in [0.2, 0.25) is 0 Å². The lowest BCUT2D eigenvalue weighted by Crippen LogP contribution is -2.41. The fourth-order valence-corrected chi connectivity index (χ4v) is 4.01. The van der Waals surface area contributed by atoms with Crippen molar-refractivity contribution in [1.82, 2.24) is 0 Å². The second-order valence-electron chi connectivity index (χ2n) is 6.97. The summed E-state index contributed by atoms with van der Waals surface area (Å²) in [6.07, 6.45) is -0.416. The number of halogens is 2. The van der Waals surface area contributed by atoms with Crippen molar-refractivity contribution >= 4 is 33.3 Å². The lowest BCUT2D eigenvalue weighted by atomic mass is 9.88. The van der Waals surface area contributed by atoms with Gasteiger partial charge in [0.05, 0.1) is 18.7 Å². The van der Waals surface area contributed by atoms with Gasteiger partial charge >= 0.3 is 0 Å². The van der Waals surface area contributed by atoms with Crippen molar-refractivity contribution in [3.63, 3.8) is 0 Å². The van der Waals surface area contributed by atoms with Crippen LogP contribution in [0, 0.1) is 5.82 Å². The molecule has 1 heterocycles. The Morgan fingerprint density at radius 2 is 1.66 bits per heavy atom. The van der Waals surface area contributed by atoms with E-state index in [0.29, 0.717) is 11.3 Å². The third-order valence-electron chi connectivity index (χ3n) is 5.11. The molecular weight excluding hydrogens is 437 g/mol. The highest BCUT2D eigenvalue weighted by atomic mass is 79.9. The topological polar surface area (TPSA) is 57.6 Å². The standard InChI is InChI=1S/C23H17BrFNO3/c24-19-7-3-1-5-16(19)14-26-20-8-4-2-6-18(20)23(29,22(26)28)13-21(27)15-9-11-17(25)12-10-15/h1-12,29H,13-14H2. The summed E-state index contributed by atoms with van der Waals surface area (Å²) in [6.45, 7) is 0.254. The molecule has 1 N–H and O–H groups in total. The first kappa shape index (κ1) is 19.5. The van der Waals surface area contributed by atoms with Crippen molar-refractivity contribution < 1.29 is 19.1 Å². The number of fused-ring (bicyclic) bond motifs is 1. The van der Waals surface area contributed by atoms with Crippen LogP contribution in [0.3, 0.4) is 0 Å². The smallest absolute Gasteiger partial charge is 0.264 e. The Morgan fingerprint density at radius 3 is 2.38 bits per heavy atom. The number of nitrogens with zero attached hydrogens (tertiary/aromatic N) is 1. The van der Waals surface area contributed by atoms with Crippen molar-refractivity contribution in [2.75, 3.05) is 4.90 Å². The largest absolute Gasteiger partial charge is 0.375 e. The van der Waals surface area contributed by atoms with Crippen molar-refractivity contribution in [2.45, 2.75) is 18.6 Å². The third kappa shape index (κ3) is 3.50. The van der Waals surface area contributed by atoms with Crippen LogP contribution in [0.1, 0.15) is 27.9 Å². The summed E-state index contributed by atoms with van der Waals surface area (Å²) in [5.41, 5.74) is 0.123. The minimum atomic E-state index is -1.97. The first-order valence-corrected chi connectivity index (χ1v) is 9.85. The highest BCUT2D eigenvalue weighted by Crippen LogP contribution is 2.43. The van der Waals surface area contributed by atoms with E-state index in [4.69, 9.17) is 0 Å². The summed E-state index contributed by atoms with van der Waals surface area (Å²) in [6, 6.07) is 19.5. The molecule has 0 saturated heterocycles. The van der Waals surface area contributed by atoms with Crippen LogP contribution >= 0.6 is 15.9 Å². The summed E-state index contributed by atoms with van der Waals surface area (Å²) in [7, 11) is 0. The van der Waals surface area contributed by atoms with E-state index in [1.54, 1.807) is 24.3 Å². The predicted molar refractivity (Wildman–Crippen MR) is 111 cm³/mol. The van der Waals surface area contributed by atoms with Gasteiger partial charge in [0.15, 0.2) is 11.4 Å². The van der Waals surface area contributed by atoms with Gasteiger partial charge in [-0.1, -0.05) is 52.3 Å². The monoisotopic (exact) mass is 453 g/mol. The van der Waals surface area contributed by atoms with Gasteiger partial charge in [-0.25, -0.2) is 4.39 Å². The summed E-state index contributed by atoms with van der Waals surface area (Å²) in [4.78, 5) is 27.5. The number of aliphatic hydroxyl groups is 1. The van der Waals surface area contributed by atoms with Gasteiger partial charge in [0, 0.05) is 15.6 Å². The summed E-state index contributed by atoms with van der Waals surface area (Å²) < 4.78 is 14.0. The average molecular weight is 454 g/mol. The van der Waals surface area contributed by atoms with E-state index in [-0.39, 0.29) is 12.1 Å². The Labute approximate surface area is 175 Å². The molecule has 29 heavy (non-hydrogen) atoms. The molecule has 1 unspecified atom stereocenters. The Hall–Kier alpha value is -2.83. The van der Waals surface area contributed by atoms with Crippen LogP contribution in [-0.2, 0) is 16.9 Å². The van der Waals surface area contributed by atoms with E-state index in [2.05, 4.69) is 15.9 Å². The van der Waals surface area contributed by atoms with Gasteiger partial charge in [0.2, 0.25) is 0 Å². The van der Waals surface area contributed by atoms with Crippen LogP contribution in [0.4, 0.5) is 10.1 Å². The SMILES string of the molecule is O=C(CC1(O)C(=O)N(Cc2ccccc2Br)c2ccccc21)c1ccc(F)cc1. The van der Waals surface area contributed by atoms with Gasteiger partial charge in [-0.05, 0) is 42.0 Å². The minimum Gasteiger partial charge on any atom is -0.375 e. The number of Topliss-reactive ketones (excluding diaryl/α,β-unsaturated/α-hetero) is 1. The number of benzene rings is 3. The van der Waals surface area contributed by atoms with E-state index in [1.165, 1.54) is 29.2 Å². The molecule has 146 valence electrons. The highest BCUT2D eigenvalue weighted by Gasteiger charge is 2.50. The van der Waals surface area contributed by atoms with Crippen molar-refractivity contribution in [3.8, 4) is 0 Å². The number of hydrogen-bond acceptors (Lipinski definition) is 3. The lowest BCUT2D eigenvalue weighted by Gasteiger charge is -2.23. The number of ketones is 1. The first-order valence-electron chi connectivity index (χ1n) is 9.06. The van der Waals surface area contributed by atoms with Crippen molar-refractivity contribution in [3.05, 3.63) is 99.8 Å². The maximum absolute atomic E-state index is 13.3. The molecule has 0 bridgehead atoms. The van der Waals surface area contributed by atoms with Crippen molar-refractivity contribution in [1.29, 1.82) is 0 Å². The Morgan fingerprint density at radius 1 is 1.00 bits per heavy atom. The van der Waals surface area contributed by atoms with Gasteiger partial charge in [-0.3, -0.25) is 9.59 Å². The lowest BCUT2D eigenvalue weighted by molar-refractivity contribution is -0.136. The highest BCUT2D eigenvalue weighted by molar-refractivity contribution is 9.10. The van der Waals surface area contributed by atoms with Crippen LogP contribution in [0.15, 0.2) is 77.3 Å². The quantitative estimate of drug-likeness (QED) is 0.574. The number of rotatable bonds is 5. The maximum atomic E-state index is 13.3. The molecule has 6 heteroatoms. The van der Waals surface area contributed by atoms with E-state index >= 15 is 0 Å². The Balaban J connectivity index is 1.69. The zero-order chi connectivity index (χ0) is 20.6. The fraction of sp³-hybridized carbons (Fsp3) is 0.130. The van der Waals surface area contributed by atoms with Crippen LogP contribution < -0.4 is 4.90 Å². The molecule has 0 saturated carbocycles. The normalized spacial score (nSPS) is 18.0. The van der Waals surface area contributed by atoms with Gasteiger partial charge in [0.25, 0.3) is 5.91 Å². The Bertz CT molecular complexity index is 1100. The molecule has 0 aromatic heterocycles. The molecule has 0 fully saturated rings. The molecule has 1 aliphatic heterocycles. The average Bonchev–Trinajstić information content (AvgIpc) is 2.92. The number of carbonyl (C=O) groups is 2. The molecule has 0 spiro atoms. The van der Waals surface area contributed by atoms with Gasteiger partial charge < -0.3 is 10.0 Å². The van der Waals surface area contributed by atoms with Crippen molar-refractivity contribution in [2.24, 2.45) is 0 Å². The number of amides is 1. The number of para-hydroxylation sites is 1. The molecule has 3 aromatic rings. The molecule has 0 aliphatic carbocycles. The molecular formula is C23H17BrFNO3. The third-order valence-corrected chi connectivity index (χ3v) is 5.88. The summed E-state index contributed by atoms with van der Waals surface area (Å²) in [5, 5.41) is 11.3. The van der Waals surface area contributed by atoms with Gasteiger partial charge in [0.1, 0.15) is 5.82 Å². The van der Waals surface area contributed by atoms with Gasteiger partial charge in [-0.2, -0.15) is 0 Å². The number of hydrogen-bond donors (Lipinski definition) is 1. The number of carbonyl (C=O) groups excluding carboxylic acids is 2. The predicted octanol–water partition coefficient (Wildman–Crippen LogP) is 4.60. The maximum Gasteiger partial charge on any atom is 0.264 e. The van der Waals surface area contributed by atoms with Crippen LogP contribution in [0.5, 0.6) is 0 Å². The van der Waals surface area contributed by atoms with E-state index in [1.807, 2.05) is 24.3 Å². The zero-order valence-electron chi connectivity index (χ0n) is 15.3. The van der Waals surface area contributed by atoms with E-state index in [0.717, 1.165) is 10.0 Å². The Kier molecular flexibility index (Phi) is 5.06. The van der Waals surface area contributed by atoms with E-state index < -0.39 is 29.5 Å². The van der Waals surface area contributed by atoms with Crippen LogP contribution in [-0.4, -0.2) is 16.8 Å². The summed E-state index contributed by atoms with van der Waals surface area (Å²) >= 11 is 3.48.